The molecule has 9 heteroatoms. The van der Waals surface area contributed by atoms with Crippen LogP contribution in [0.4, 0.5) is 5.69 Å². The maximum atomic E-state index is 13.5. The minimum atomic E-state index is -0.710. The number of nitrogens with zero attached hydrogens (tertiary/aromatic N) is 1. The Bertz CT molecular complexity index is 1120. The SMILES string of the molecule is COc1cccc(C(=O)NN(C(=O)c2ccc(B3OC(C)(C)C(C)(C)O3)c(N)c2)C(C)(C)C)c1C. The number of nitrogens with one attached hydrogen (secondary N) is 1. The Balaban J connectivity index is 1.87. The maximum Gasteiger partial charge on any atom is 0.496 e. The number of carbonyl (C=O) groups excluding carboxylic acids is 2. The number of methoxy groups -OCH3 is 1. The van der Waals surface area contributed by atoms with Crippen molar-refractivity contribution in [3.63, 3.8) is 0 Å². The Morgan fingerprint density at radius 1 is 1.06 bits per heavy atom. The van der Waals surface area contributed by atoms with E-state index >= 15 is 0 Å². The van der Waals surface area contributed by atoms with Gasteiger partial charge < -0.3 is 19.8 Å². The molecule has 1 aliphatic rings. The molecule has 2 aromatic carbocycles. The monoisotopic (exact) mass is 481 g/mol. The molecular formula is C26H36BN3O5. The summed E-state index contributed by atoms with van der Waals surface area (Å²) in [5.74, 6) is -0.206. The summed E-state index contributed by atoms with van der Waals surface area (Å²) < 4.78 is 17.5. The first kappa shape index (κ1) is 26.6. The average Bonchev–Trinajstić information content (AvgIpc) is 2.97. The molecule has 3 rings (SSSR count). The zero-order valence-corrected chi connectivity index (χ0v) is 22.1. The van der Waals surface area contributed by atoms with Crippen molar-refractivity contribution in [3.8, 4) is 5.75 Å². The first-order chi connectivity index (χ1) is 16.1. The highest BCUT2D eigenvalue weighted by molar-refractivity contribution is 6.63. The van der Waals surface area contributed by atoms with Crippen molar-refractivity contribution in [2.75, 3.05) is 12.8 Å². The molecule has 0 bridgehead atoms. The Labute approximate surface area is 208 Å². The molecule has 1 aliphatic heterocycles. The number of amides is 2. The third-order valence-electron chi connectivity index (χ3n) is 6.68. The van der Waals surface area contributed by atoms with E-state index in [9.17, 15) is 9.59 Å². The third-order valence-corrected chi connectivity index (χ3v) is 6.68. The lowest BCUT2D eigenvalue weighted by Crippen LogP contribution is -2.56. The topological polar surface area (TPSA) is 103 Å². The van der Waals surface area contributed by atoms with Crippen molar-refractivity contribution in [1.82, 2.24) is 10.4 Å². The van der Waals surface area contributed by atoms with E-state index in [2.05, 4.69) is 5.43 Å². The van der Waals surface area contributed by atoms with Gasteiger partial charge in [0.05, 0.1) is 23.9 Å². The minimum absolute atomic E-state index is 0.334. The molecule has 0 unspecified atom stereocenters. The Kier molecular flexibility index (Phi) is 6.99. The van der Waals surface area contributed by atoms with E-state index in [4.69, 9.17) is 19.8 Å². The number of hydrazine groups is 1. The van der Waals surface area contributed by atoms with Crippen LogP contribution < -0.4 is 21.4 Å². The minimum Gasteiger partial charge on any atom is -0.496 e. The van der Waals surface area contributed by atoms with Gasteiger partial charge in [0.2, 0.25) is 0 Å². The highest BCUT2D eigenvalue weighted by Crippen LogP contribution is 2.37. The van der Waals surface area contributed by atoms with E-state index < -0.39 is 35.7 Å². The lowest BCUT2D eigenvalue weighted by molar-refractivity contribution is 0.00578. The number of ether oxygens (including phenoxy) is 1. The highest BCUT2D eigenvalue weighted by atomic mass is 16.7. The number of carbonyl (C=O) groups is 2. The van der Waals surface area contributed by atoms with E-state index in [1.165, 1.54) is 5.01 Å². The molecule has 2 amide bonds. The van der Waals surface area contributed by atoms with Crippen LogP contribution in [0.15, 0.2) is 36.4 Å². The molecule has 3 N–H and O–H groups in total. The van der Waals surface area contributed by atoms with E-state index in [0.717, 1.165) is 0 Å². The molecule has 1 heterocycles. The maximum absolute atomic E-state index is 13.5. The summed E-state index contributed by atoms with van der Waals surface area (Å²) >= 11 is 0. The number of nitrogens with two attached hydrogens (primary N) is 1. The largest absolute Gasteiger partial charge is 0.496 e. The number of nitrogen functional groups attached to an aromatic ring is 1. The lowest BCUT2D eigenvalue weighted by Gasteiger charge is -2.35. The molecule has 0 radical (unpaired) electrons. The van der Waals surface area contributed by atoms with Crippen LogP contribution in [0, 0.1) is 6.92 Å². The smallest absolute Gasteiger partial charge is 0.496 e. The molecule has 0 aliphatic carbocycles. The summed E-state index contributed by atoms with van der Waals surface area (Å²) in [6.45, 7) is 15.2. The van der Waals surface area contributed by atoms with Crippen LogP contribution >= 0.6 is 0 Å². The number of hydrogen-bond acceptors (Lipinski definition) is 6. The molecule has 0 saturated carbocycles. The predicted molar refractivity (Wildman–Crippen MR) is 138 cm³/mol. The van der Waals surface area contributed by atoms with Crippen LogP contribution in [-0.2, 0) is 9.31 Å². The molecule has 0 aromatic heterocycles. The summed E-state index contributed by atoms with van der Waals surface area (Å²) in [6.07, 6.45) is 0. The molecule has 1 saturated heterocycles. The highest BCUT2D eigenvalue weighted by Gasteiger charge is 2.52. The zero-order valence-electron chi connectivity index (χ0n) is 22.1. The Morgan fingerprint density at radius 3 is 2.17 bits per heavy atom. The van der Waals surface area contributed by atoms with Crippen LogP contribution in [0.25, 0.3) is 0 Å². The predicted octanol–water partition coefficient (Wildman–Crippen LogP) is 3.47. The first-order valence-corrected chi connectivity index (χ1v) is 11.6. The van der Waals surface area contributed by atoms with E-state index in [-0.39, 0.29) is 0 Å². The van der Waals surface area contributed by atoms with Crippen LogP contribution in [0.2, 0.25) is 0 Å². The van der Waals surface area contributed by atoms with Crippen molar-refractivity contribution < 1.29 is 23.6 Å². The second kappa shape index (κ2) is 9.20. The van der Waals surface area contributed by atoms with Gasteiger partial charge in [-0.1, -0.05) is 12.1 Å². The fraction of sp³-hybridized carbons (Fsp3) is 0.462. The standard InChI is InChI=1S/C26H36BN3O5/c1-16-18(11-10-12-21(16)33-9)22(31)29-30(24(2,3)4)23(32)17-13-14-19(20(28)15-17)27-34-25(5,6)26(7,8)35-27/h10-15H,28H2,1-9H3,(H,29,31). The summed E-state index contributed by atoms with van der Waals surface area (Å²) in [5.41, 5.74) is 9.84. The quantitative estimate of drug-likeness (QED) is 0.394. The van der Waals surface area contributed by atoms with Gasteiger partial charge in [-0.25, -0.2) is 5.01 Å². The number of anilines is 1. The van der Waals surface area contributed by atoms with Crippen molar-refractivity contribution >= 4 is 30.1 Å². The molecular weight excluding hydrogens is 445 g/mol. The molecule has 8 nitrogen and oxygen atoms in total. The van der Waals surface area contributed by atoms with Gasteiger partial charge in [0.25, 0.3) is 11.8 Å². The van der Waals surface area contributed by atoms with Crippen LogP contribution in [-0.4, -0.2) is 47.8 Å². The van der Waals surface area contributed by atoms with E-state index in [1.54, 1.807) is 50.4 Å². The molecule has 2 aromatic rings. The Morgan fingerprint density at radius 2 is 1.66 bits per heavy atom. The van der Waals surface area contributed by atoms with E-state index in [1.807, 2.05) is 48.5 Å². The van der Waals surface area contributed by atoms with Crippen LogP contribution in [0.3, 0.4) is 0 Å². The zero-order chi connectivity index (χ0) is 26.3. The number of hydrogen-bond donors (Lipinski definition) is 2. The molecule has 35 heavy (non-hydrogen) atoms. The van der Waals surface area contributed by atoms with Gasteiger partial charge in [-0.15, -0.1) is 0 Å². The van der Waals surface area contributed by atoms with Gasteiger partial charge in [-0.05, 0) is 79.7 Å². The molecule has 0 atom stereocenters. The van der Waals surface area contributed by atoms with Gasteiger partial charge in [0.15, 0.2) is 0 Å². The number of benzene rings is 2. The summed E-state index contributed by atoms with van der Waals surface area (Å²) in [4.78, 5) is 26.7. The van der Waals surface area contributed by atoms with Crippen molar-refractivity contribution in [1.29, 1.82) is 0 Å². The third kappa shape index (κ3) is 5.16. The second-order valence-electron chi connectivity index (χ2n) is 10.8. The van der Waals surface area contributed by atoms with E-state index in [0.29, 0.717) is 33.6 Å². The normalized spacial score (nSPS) is 16.7. The fourth-order valence-corrected chi connectivity index (χ4v) is 3.79. The van der Waals surface area contributed by atoms with Gasteiger partial charge in [-0.3, -0.25) is 15.0 Å². The van der Waals surface area contributed by atoms with Crippen LogP contribution in [0.1, 0.15) is 74.7 Å². The fourth-order valence-electron chi connectivity index (χ4n) is 3.79. The van der Waals surface area contributed by atoms with Crippen LogP contribution in [0.5, 0.6) is 5.75 Å². The van der Waals surface area contributed by atoms with Crippen molar-refractivity contribution in [2.24, 2.45) is 0 Å². The van der Waals surface area contributed by atoms with Gasteiger partial charge in [0, 0.05) is 27.8 Å². The molecule has 0 spiro atoms. The Hall–Kier alpha value is -3.04. The first-order valence-electron chi connectivity index (χ1n) is 11.6. The van der Waals surface area contributed by atoms with Gasteiger partial charge >= 0.3 is 7.12 Å². The summed E-state index contributed by atoms with van der Waals surface area (Å²) in [6, 6.07) is 10.2. The lowest BCUT2D eigenvalue weighted by atomic mass is 9.77. The molecule has 188 valence electrons. The average molecular weight is 481 g/mol. The van der Waals surface area contributed by atoms with Gasteiger partial charge in [-0.2, -0.15) is 0 Å². The van der Waals surface area contributed by atoms with Crippen molar-refractivity contribution in [3.05, 3.63) is 53.1 Å². The summed E-state index contributed by atoms with van der Waals surface area (Å²) in [5, 5.41) is 1.32. The number of rotatable bonds is 4. The molecule has 1 fully saturated rings. The van der Waals surface area contributed by atoms with Crippen molar-refractivity contribution in [2.45, 2.75) is 72.1 Å². The summed E-state index contributed by atoms with van der Waals surface area (Å²) in [7, 11) is 0.908. The van der Waals surface area contributed by atoms with Gasteiger partial charge in [0.1, 0.15) is 5.75 Å². The second-order valence-corrected chi connectivity index (χ2v) is 10.8.